The van der Waals surface area contributed by atoms with E-state index in [1.807, 2.05) is 18.3 Å². The van der Waals surface area contributed by atoms with Crippen molar-refractivity contribution in [1.82, 2.24) is 15.6 Å². The molecule has 1 aromatic heterocycles. The van der Waals surface area contributed by atoms with E-state index in [0.29, 0.717) is 6.54 Å². The zero-order valence-electron chi connectivity index (χ0n) is 11.5. The molecule has 0 radical (unpaired) electrons. The number of ether oxygens (including phenoxy) is 1. The Bertz CT molecular complexity index is 453. The molecule has 3 heterocycles. The van der Waals surface area contributed by atoms with Crippen LogP contribution in [-0.4, -0.2) is 50.3 Å². The van der Waals surface area contributed by atoms with Gasteiger partial charge in [-0.15, -0.1) is 0 Å². The maximum atomic E-state index is 11.7. The van der Waals surface area contributed by atoms with Crippen LogP contribution >= 0.6 is 0 Å². The molecule has 0 saturated carbocycles. The summed E-state index contributed by atoms with van der Waals surface area (Å²) in [6.45, 7) is 5.42. The van der Waals surface area contributed by atoms with Crippen molar-refractivity contribution in [2.45, 2.75) is 6.54 Å². The van der Waals surface area contributed by atoms with Crippen LogP contribution < -0.4 is 15.5 Å². The second-order valence-electron chi connectivity index (χ2n) is 5.20. The number of hydrogen-bond donors (Lipinski definition) is 2. The largest absolute Gasteiger partial charge is 0.378 e. The second-order valence-corrected chi connectivity index (χ2v) is 5.20. The lowest BCUT2D eigenvalue weighted by atomic mass is 10.0. The minimum absolute atomic E-state index is 0.126. The van der Waals surface area contributed by atoms with E-state index < -0.39 is 0 Å². The molecule has 108 valence electrons. The highest BCUT2D eigenvalue weighted by molar-refractivity contribution is 5.79. The highest BCUT2D eigenvalue weighted by Gasteiger charge is 2.24. The molecule has 0 aromatic carbocycles. The molecule has 0 atom stereocenters. The monoisotopic (exact) mass is 276 g/mol. The van der Waals surface area contributed by atoms with Crippen molar-refractivity contribution in [3.05, 3.63) is 23.9 Å². The Kier molecular flexibility index (Phi) is 4.13. The van der Waals surface area contributed by atoms with E-state index >= 15 is 0 Å². The first-order valence-electron chi connectivity index (χ1n) is 7.09. The van der Waals surface area contributed by atoms with Crippen molar-refractivity contribution < 1.29 is 9.53 Å². The summed E-state index contributed by atoms with van der Waals surface area (Å²) in [5, 5.41) is 6.04. The minimum atomic E-state index is 0.126. The molecule has 3 rings (SSSR count). The van der Waals surface area contributed by atoms with Gasteiger partial charge in [-0.25, -0.2) is 4.98 Å². The van der Waals surface area contributed by atoms with Crippen molar-refractivity contribution >= 4 is 11.7 Å². The van der Waals surface area contributed by atoms with Gasteiger partial charge in [0.1, 0.15) is 5.82 Å². The van der Waals surface area contributed by atoms with Crippen LogP contribution in [0.2, 0.25) is 0 Å². The third-order valence-corrected chi connectivity index (χ3v) is 3.76. The van der Waals surface area contributed by atoms with E-state index in [9.17, 15) is 4.79 Å². The molecular weight excluding hydrogens is 256 g/mol. The Labute approximate surface area is 118 Å². The van der Waals surface area contributed by atoms with Crippen LogP contribution in [0.25, 0.3) is 0 Å². The number of rotatable bonds is 4. The second kappa shape index (κ2) is 6.19. The van der Waals surface area contributed by atoms with E-state index in [4.69, 9.17) is 4.74 Å². The Balaban J connectivity index is 1.51. The quantitative estimate of drug-likeness (QED) is 0.794. The number of anilines is 1. The summed E-state index contributed by atoms with van der Waals surface area (Å²) in [5.74, 6) is 1.24. The maximum absolute atomic E-state index is 11.7. The van der Waals surface area contributed by atoms with Gasteiger partial charge in [-0.05, 0) is 11.6 Å². The number of hydrogen-bond acceptors (Lipinski definition) is 5. The minimum Gasteiger partial charge on any atom is -0.378 e. The van der Waals surface area contributed by atoms with Crippen LogP contribution in [0.15, 0.2) is 18.3 Å². The van der Waals surface area contributed by atoms with Crippen LogP contribution in [0.1, 0.15) is 5.56 Å². The number of carbonyl (C=O) groups excluding carboxylic acids is 1. The van der Waals surface area contributed by atoms with Gasteiger partial charge in [0.15, 0.2) is 0 Å². The lowest BCUT2D eigenvalue weighted by Gasteiger charge is -2.28. The van der Waals surface area contributed by atoms with Gasteiger partial charge in [0, 0.05) is 38.9 Å². The van der Waals surface area contributed by atoms with Gasteiger partial charge in [0.05, 0.1) is 19.1 Å². The predicted molar refractivity (Wildman–Crippen MR) is 75.5 cm³/mol. The summed E-state index contributed by atoms with van der Waals surface area (Å²) in [5.41, 5.74) is 1.03. The third-order valence-electron chi connectivity index (χ3n) is 3.76. The highest BCUT2D eigenvalue weighted by atomic mass is 16.5. The average molecular weight is 276 g/mol. The first kappa shape index (κ1) is 13.3. The molecule has 0 spiro atoms. The van der Waals surface area contributed by atoms with E-state index in [1.165, 1.54) is 0 Å². The fraction of sp³-hybridized carbons (Fsp3) is 0.571. The summed E-state index contributed by atoms with van der Waals surface area (Å²) in [4.78, 5) is 18.4. The molecule has 1 amide bonds. The Morgan fingerprint density at radius 1 is 1.40 bits per heavy atom. The van der Waals surface area contributed by atoms with Crippen LogP contribution in [-0.2, 0) is 16.1 Å². The standard InChI is InChI=1S/C14H20N4O2/c19-14(12-9-15-10-12)17-8-11-1-2-13(16-7-11)18-3-5-20-6-4-18/h1-2,7,12,15H,3-6,8-10H2,(H,17,19). The Hall–Kier alpha value is -1.66. The van der Waals surface area contributed by atoms with Crippen LogP contribution in [0.3, 0.4) is 0 Å². The third kappa shape index (κ3) is 3.08. The lowest BCUT2D eigenvalue weighted by Crippen LogP contribution is -2.50. The molecule has 20 heavy (non-hydrogen) atoms. The van der Waals surface area contributed by atoms with Gasteiger partial charge in [0.2, 0.25) is 5.91 Å². The maximum Gasteiger partial charge on any atom is 0.225 e. The molecule has 1 aromatic rings. The summed E-state index contributed by atoms with van der Waals surface area (Å²) >= 11 is 0. The van der Waals surface area contributed by atoms with Crippen molar-refractivity contribution in [1.29, 1.82) is 0 Å². The molecular formula is C14H20N4O2. The van der Waals surface area contributed by atoms with Crippen LogP contribution in [0.5, 0.6) is 0 Å². The van der Waals surface area contributed by atoms with Gasteiger partial charge < -0.3 is 20.3 Å². The highest BCUT2D eigenvalue weighted by Crippen LogP contribution is 2.13. The summed E-state index contributed by atoms with van der Waals surface area (Å²) in [6.07, 6.45) is 1.84. The molecule has 6 heteroatoms. The van der Waals surface area contributed by atoms with Crippen molar-refractivity contribution in [2.75, 3.05) is 44.3 Å². The molecule has 6 nitrogen and oxygen atoms in total. The van der Waals surface area contributed by atoms with Crippen molar-refractivity contribution in [3.8, 4) is 0 Å². The normalized spacial score (nSPS) is 19.5. The fourth-order valence-electron chi connectivity index (χ4n) is 2.31. The lowest BCUT2D eigenvalue weighted by molar-refractivity contribution is -0.126. The smallest absolute Gasteiger partial charge is 0.225 e. The fourth-order valence-corrected chi connectivity index (χ4v) is 2.31. The van der Waals surface area contributed by atoms with Crippen molar-refractivity contribution in [3.63, 3.8) is 0 Å². The number of morpholine rings is 1. The Morgan fingerprint density at radius 3 is 2.80 bits per heavy atom. The Morgan fingerprint density at radius 2 is 2.20 bits per heavy atom. The van der Waals surface area contributed by atoms with Gasteiger partial charge in [-0.2, -0.15) is 0 Å². The molecule has 2 fully saturated rings. The number of nitrogens with zero attached hydrogens (tertiary/aromatic N) is 2. The predicted octanol–water partition coefficient (Wildman–Crippen LogP) is -0.246. The molecule has 2 aliphatic rings. The molecule has 0 aliphatic carbocycles. The van der Waals surface area contributed by atoms with Gasteiger partial charge in [0.25, 0.3) is 0 Å². The van der Waals surface area contributed by atoms with E-state index in [0.717, 1.165) is 50.8 Å². The molecule has 2 N–H and O–H groups in total. The molecule has 0 unspecified atom stereocenters. The van der Waals surface area contributed by atoms with Crippen LogP contribution in [0.4, 0.5) is 5.82 Å². The first-order chi connectivity index (χ1) is 9.83. The summed E-state index contributed by atoms with van der Waals surface area (Å²) in [6, 6.07) is 4.04. The zero-order chi connectivity index (χ0) is 13.8. The number of nitrogens with one attached hydrogen (secondary N) is 2. The van der Waals surface area contributed by atoms with Crippen LogP contribution in [0, 0.1) is 5.92 Å². The number of carbonyl (C=O) groups is 1. The summed E-state index contributed by atoms with van der Waals surface area (Å²) in [7, 11) is 0. The molecule has 2 aliphatic heterocycles. The van der Waals surface area contributed by atoms with E-state index in [1.54, 1.807) is 0 Å². The van der Waals surface area contributed by atoms with E-state index in [-0.39, 0.29) is 11.8 Å². The van der Waals surface area contributed by atoms with E-state index in [2.05, 4.69) is 20.5 Å². The van der Waals surface area contributed by atoms with Gasteiger partial charge in [-0.3, -0.25) is 4.79 Å². The summed E-state index contributed by atoms with van der Waals surface area (Å²) < 4.78 is 5.33. The van der Waals surface area contributed by atoms with Crippen molar-refractivity contribution in [2.24, 2.45) is 5.92 Å². The number of pyridine rings is 1. The first-order valence-corrected chi connectivity index (χ1v) is 7.09. The topological polar surface area (TPSA) is 66.5 Å². The van der Waals surface area contributed by atoms with Gasteiger partial charge in [-0.1, -0.05) is 6.07 Å². The SMILES string of the molecule is O=C(NCc1ccc(N2CCOCC2)nc1)C1CNC1. The number of amides is 1. The van der Waals surface area contributed by atoms with Gasteiger partial charge >= 0.3 is 0 Å². The zero-order valence-corrected chi connectivity index (χ0v) is 11.5. The molecule has 0 bridgehead atoms. The number of aromatic nitrogens is 1. The molecule has 2 saturated heterocycles. The average Bonchev–Trinajstić information content (AvgIpc) is 2.45.